The molecule has 2 aromatic rings. The molecule has 4 rings (SSSR count). The van der Waals surface area contributed by atoms with Crippen molar-refractivity contribution in [2.45, 2.75) is 31.0 Å². The zero-order chi connectivity index (χ0) is 19.7. The van der Waals surface area contributed by atoms with Gasteiger partial charge in [-0.1, -0.05) is 0 Å². The Balaban J connectivity index is 1.31. The maximum Gasteiger partial charge on any atom is 0.269 e. The number of hydrogen-bond donors (Lipinski definition) is 2. The largest absolute Gasteiger partial charge is 0.375 e. The minimum Gasteiger partial charge on any atom is -0.375 e. The van der Waals surface area contributed by atoms with Gasteiger partial charge in [0.15, 0.2) is 5.82 Å². The summed E-state index contributed by atoms with van der Waals surface area (Å²) < 4.78 is 7.23. The van der Waals surface area contributed by atoms with E-state index < -0.39 is 0 Å². The highest BCUT2D eigenvalue weighted by molar-refractivity contribution is 5.92. The number of aromatic amines is 1. The molecule has 2 aliphatic heterocycles. The van der Waals surface area contributed by atoms with Gasteiger partial charge in [0, 0.05) is 45.3 Å². The minimum absolute atomic E-state index is 0.0178. The molecule has 0 spiro atoms. The maximum atomic E-state index is 12.5. The first-order valence-electron chi connectivity index (χ1n) is 9.15. The van der Waals surface area contributed by atoms with E-state index in [1.807, 2.05) is 0 Å². The molecule has 0 bridgehead atoms. The van der Waals surface area contributed by atoms with Crippen LogP contribution < -0.4 is 5.32 Å². The third kappa shape index (κ3) is 3.87. The molecule has 2 amide bonds. The molecule has 12 nitrogen and oxygen atoms in total. The van der Waals surface area contributed by atoms with E-state index in [9.17, 15) is 9.59 Å². The summed E-state index contributed by atoms with van der Waals surface area (Å²) in [6.07, 6.45) is 2.49. The first kappa shape index (κ1) is 18.5. The number of ether oxygens (including phenoxy) is 1. The van der Waals surface area contributed by atoms with Crippen molar-refractivity contribution in [1.82, 2.24) is 45.5 Å². The second-order valence-corrected chi connectivity index (χ2v) is 7.36. The number of amides is 2. The summed E-state index contributed by atoms with van der Waals surface area (Å²) in [7, 11) is 3.49. The van der Waals surface area contributed by atoms with E-state index in [2.05, 4.69) is 35.9 Å². The van der Waals surface area contributed by atoms with Gasteiger partial charge in [-0.25, -0.2) is 0 Å². The van der Waals surface area contributed by atoms with Crippen molar-refractivity contribution in [3.8, 4) is 5.82 Å². The van der Waals surface area contributed by atoms with Crippen molar-refractivity contribution in [3.63, 3.8) is 0 Å². The Bertz CT molecular complexity index is 834. The average Bonchev–Trinajstić information content (AvgIpc) is 3.40. The number of aromatic nitrogens is 6. The second-order valence-electron chi connectivity index (χ2n) is 7.36. The van der Waals surface area contributed by atoms with E-state index in [1.54, 1.807) is 25.1 Å². The van der Waals surface area contributed by atoms with E-state index in [0.29, 0.717) is 31.1 Å². The van der Waals surface area contributed by atoms with Crippen molar-refractivity contribution in [2.24, 2.45) is 0 Å². The fourth-order valence-corrected chi connectivity index (χ4v) is 3.62. The number of tetrazole rings is 1. The van der Waals surface area contributed by atoms with Crippen LogP contribution in [0.15, 0.2) is 12.4 Å². The van der Waals surface area contributed by atoms with Crippen molar-refractivity contribution in [3.05, 3.63) is 18.1 Å². The lowest BCUT2D eigenvalue weighted by Crippen LogP contribution is -2.47. The number of nitrogens with one attached hydrogen (secondary N) is 2. The number of nitrogens with zero attached hydrogens (tertiary/aromatic N) is 7. The van der Waals surface area contributed by atoms with E-state index in [4.69, 9.17) is 4.74 Å². The highest BCUT2D eigenvalue weighted by atomic mass is 16.5. The third-order valence-corrected chi connectivity index (χ3v) is 5.12. The Morgan fingerprint density at radius 3 is 3.00 bits per heavy atom. The molecule has 0 aromatic carbocycles. The Hall–Kier alpha value is -2.86. The quantitative estimate of drug-likeness (QED) is 0.627. The molecule has 28 heavy (non-hydrogen) atoms. The van der Waals surface area contributed by atoms with Crippen molar-refractivity contribution >= 4 is 11.8 Å². The lowest BCUT2D eigenvalue weighted by atomic mass is 10.1. The molecule has 2 aliphatic rings. The van der Waals surface area contributed by atoms with Crippen LogP contribution in [0.5, 0.6) is 0 Å². The number of carbonyl (C=O) groups excluding carboxylic acids is 2. The summed E-state index contributed by atoms with van der Waals surface area (Å²) >= 11 is 0. The number of rotatable bonds is 5. The van der Waals surface area contributed by atoms with Crippen LogP contribution in [-0.4, -0.2) is 104 Å². The van der Waals surface area contributed by atoms with Crippen LogP contribution >= 0.6 is 0 Å². The van der Waals surface area contributed by atoms with Crippen molar-refractivity contribution < 1.29 is 14.3 Å². The van der Waals surface area contributed by atoms with Gasteiger partial charge in [0.05, 0.1) is 19.1 Å². The Morgan fingerprint density at radius 2 is 2.25 bits per heavy atom. The number of carbonyl (C=O) groups is 2. The molecule has 0 aliphatic carbocycles. The predicted octanol–water partition coefficient (Wildman–Crippen LogP) is -1.56. The Kier molecular flexibility index (Phi) is 5.05. The summed E-state index contributed by atoms with van der Waals surface area (Å²) in [5, 5.41) is 20.6. The van der Waals surface area contributed by atoms with Crippen LogP contribution in [0.3, 0.4) is 0 Å². The molecule has 2 fully saturated rings. The van der Waals surface area contributed by atoms with Crippen LogP contribution in [0, 0.1) is 0 Å². The molecule has 3 atom stereocenters. The van der Waals surface area contributed by atoms with Crippen LogP contribution in [0.1, 0.15) is 23.3 Å². The molecular weight excluding hydrogens is 366 g/mol. The molecule has 150 valence electrons. The smallest absolute Gasteiger partial charge is 0.269 e. The number of fused-ring (bicyclic) bond motifs is 1. The van der Waals surface area contributed by atoms with Gasteiger partial charge in [0.1, 0.15) is 12.0 Å². The Labute approximate surface area is 161 Å². The minimum atomic E-state index is -0.225. The maximum absolute atomic E-state index is 12.5. The monoisotopic (exact) mass is 389 g/mol. The summed E-state index contributed by atoms with van der Waals surface area (Å²) in [4.78, 5) is 28.3. The third-order valence-electron chi connectivity index (χ3n) is 5.12. The summed E-state index contributed by atoms with van der Waals surface area (Å²) in [6.45, 7) is 2.01. The summed E-state index contributed by atoms with van der Waals surface area (Å²) in [6, 6.07) is 1.87. The van der Waals surface area contributed by atoms with Gasteiger partial charge in [0.25, 0.3) is 5.91 Å². The number of hydrogen-bond acceptors (Lipinski definition) is 8. The van der Waals surface area contributed by atoms with Crippen LogP contribution in [0.25, 0.3) is 5.82 Å². The number of morpholine rings is 1. The fourth-order valence-electron chi connectivity index (χ4n) is 3.62. The average molecular weight is 389 g/mol. The first-order valence-corrected chi connectivity index (χ1v) is 9.15. The lowest BCUT2D eigenvalue weighted by molar-refractivity contribution is -0.134. The SMILES string of the molecule is CN(C)C(=O)C[C@H]1CN2C[C@H](NC(=O)c3cc(-n4cnnn4)n[nH]3)C[C@H]2CO1. The summed E-state index contributed by atoms with van der Waals surface area (Å²) in [5.74, 6) is 0.280. The van der Waals surface area contributed by atoms with Crippen LogP contribution in [0.2, 0.25) is 0 Å². The van der Waals surface area contributed by atoms with Crippen LogP contribution in [0.4, 0.5) is 0 Å². The zero-order valence-electron chi connectivity index (χ0n) is 15.8. The predicted molar refractivity (Wildman–Crippen MR) is 95.6 cm³/mol. The standard InChI is InChI=1S/C16H23N9O3/c1-23(2)15(26)4-12-7-24-6-10(3-11(24)8-28-12)18-16(27)13-5-14(20-19-13)25-9-17-21-22-25/h5,9-12H,3-4,6-8H2,1-2H3,(H,18,27)(H,19,20)/t10-,11+,12+/m1/s1. The van der Waals surface area contributed by atoms with E-state index in [1.165, 1.54) is 11.0 Å². The van der Waals surface area contributed by atoms with Gasteiger partial charge >= 0.3 is 0 Å². The summed E-state index contributed by atoms with van der Waals surface area (Å²) in [5.41, 5.74) is 0.348. The molecule has 2 aromatic heterocycles. The van der Waals surface area contributed by atoms with Gasteiger partial charge in [-0.15, -0.1) is 5.10 Å². The molecule has 4 heterocycles. The molecule has 0 saturated carbocycles. The molecule has 2 N–H and O–H groups in total. The van der Waals surface area contributed by atoms with Crippen molar-refractivity contribution in [2.75, 3.05) is 33.8 Å². The van der Waals surface area contributed by atoms with E-state index in [0.717, 1.165) is 13.0 Å². The molecule has 12 heteroatoms. The normalized spacial score (nSPS) is 24.7. The van der Waals surface area contributed by atoms with Gasteiger partial charge < -0.3 is 15.0 Å². The van der Waals surface area contributed by atoms with Crippen LogP contribution in [-0.2, 0) is 9.53 Å². The van der Waals surface area contributed by atoms with Gasteiger partial charge in [-0.2, -0.15) is 9.78 Å². The second kappa shape index (κ2) is 7.64. The van der Waals surface area contributed by atoms with Gasteiger partial charge in [-0.3, -0.25) is 19.6 Å². The first-order chi connectivity index (χ1) is 13.5. The zero-order valence-corrected chi connectivity index (χ0v) is 15.8. The highest BCUT2D eigenvalue weighted by Crippen LogP contribution is 2.24. The molecule has 0 unspecified atom stereocenters. The lowest BCUT2D eigenvalue weighted by Gasteiger charge is -2.35. The molecular formula is C16H23N9O3. The number of H-pyrrole nitrogens is 1. The van der Waals surface area contributed by atoms with E-state index in [-0.39, 0.29) is 30.0 Å². The molecule has 2 saturated heterocycles. The van der Waals surface area contributed by atoms with E-state index >= 15 is 0 Å². The topological polar surface area (TPSA) is 134 Å². The molecule has 0 radical (unpaired) electrons. The fraction of sp³-hybridized carbons (Fsp3) is 0.625. The Morgan fingerprint density at radius 1 is 1.39 bits per heavy atom. The van der Waals surface area contributed by atoms with Gasteiger partial charge in [0.2, 0.25) is 5.91 Å². The van der Waals surface area contributed by atoms with Crippen molar-refractivity contribution in [1.29, 1.82) is 0 Å². The highest BCUT2D eigenvalue weighted by Gasteiger charge is 2.38. The van der Waals surface area contributed by atoms with Gasteiger partial charge in [-0.05, 0) is 16.8 Å².